The fourth-order valence-electron chi connectivity index (χ4n) is 4.96. The maximum atomic E-state index is 13.7. The number of benzene rings is 2. The third kappa shape index (κ3) is 5.63. The zero-order chi connectivity index (χ0) is 32.0. The molecule has 0 unspecified atom stereocenters. The molecule has 0 amide bonds. The molecule has 16 heteroatoms. The van der Waals surface area contributed by atoms with Crippen molar-refractivity contribution in [2.75, 3.05) is 13.7 Å². The molecule has 1 aromatic heterocycles. The Labute approximate surface area is 248 Å². The van der Waals surface area contributed by atoms with E-state index < -0.39 is 96.1 Å². The van der Waals surface area contributed by atoms with E-state index in [0.29, 0.717) is 0 Å². The van der Waals surface area contributed by atoms with Crippen LogP contribution in [0.2, 0.25) is 0 Å². The van der Waals surface area contributed by atoms with Gasteiger partial charge in [0.25, 0.3) is 0 Å². The maximum absolute atomic E-state index is 13.7. The summed E-state index contributed by atoms with van der Waals surface area (Å²) in [4.78, 5) is 13.7. The van der Waals surface area contributed by atoms with E-state index in [-0.39, 0.29) is 28.4 Å². The highest BCUT2D eigenvalue weighted by molar-refractivity contribution is 5.89. The van der Waals surface area contributed by atoms with E-state index in [2.05, 4.69) is 0 Å². The lowest BCUT2D eigenvalue weighted by Crippen LogP contribution is -2.61. The first-order valence-electron chi connectivity index (χ1n) is 13.4. The molecule has 5 rings (SSSR count). The Morgan fingerprint density at radius 3 is 2.16 bits per heavy atom. The number of ether oxygens (including phenoxy) is 5. The third-order valence-corrected chi connectivity index (χ3v) is 7.55. The van der Waals surface area contributed by atoms with E-state index in [0.717, 1.165) is 6.07 Å². The van der Waals surface area contributed by atoms with Crippen LogP contribution in [0.3, 0.4) is 0 Å². The molecule has 2 aromatic carbocycles. The summed E-state index contributed by atoms with van der Waals surface area (Å²) in [5, 5.41) is 92.0. The SMILES string of the molecule is COc1cc(-c2oc3ccc(O)c(O)c3c(=O)c2O[C@@H]2O[C@H](CO[C@@H]3O[C@@H](C)[C@H](O)[C@@H](O)[C@H]3O)[C@@H](O)[C@H](O)[C@H]2O)ccc1O. The molecule has 3 heterocycles. The van der Waals surface area contributed by atoms with Gasteiger partial charge in [0, 0.05) is 5.56 Å². The van der Waals surface area contributed by atoms with E-state index in [1.807, 2.05) is 0 Å². The molecule has 3 aromatic rings. The first kappa shape index (κ1) is 31.7. The second kappa shape index (κ2) is 12.4. The molecule has 16 nitrogen and oxygen atoms in total. The summed E-state index contributed by atoms with van der Waals surface area (Å²) in [6.45, 7) is 0.838. The van der Waals surface area contributed by atoms with Crippen molar-refractivity contribution in [3.8, 4) is 40.1 Å². The summed E-state index contributed by atoms with van der Waals surface area (Å²) in [6, 6.07) is 6.21. The van der Waals surface area contributed by atoms with E-state index in [1.54, 1.807) is 0 Å². The molecule has 9 N–H and O–H groups in total. The Bertz CT molecular complexity index is 1560. The number of phenols is 3. The molecule has 10 atom stereocenters. The Morgan fingerprint density at radius 1 is 0.795 bits per heavy atom. The van der Waals surface area contributed by atoms with Gasteiger partial charge in [-0.25, -0.2) is 0 Å². The number of aliphatic hydroxyl groups is 6. The first-order chi connectivity index (χ1) is 20.8. The minimum atomic E-state index is -1.95. The van der Waals surface area contributed by atoms with Gasteiger partial charge in [0.05, 0.1) is 19.8 Å². The van der Waals surface area contributed by atoms with Crippen molar-refractivity contribution in [3.05, 3.63) is 40.6 Å². The number of hydrogen-bond donors (Lipinski definition) is 9. The highest BCUT2D eigenvalue weighted by atomic mass is 16.7. The van der Waals surface area contributed by atoms with Crippen molar-refractivity contribution in [1.29, 1.82) is 0 Å². The summed E-state index contributed by atoms with van der Waals surface area (Å²) in [6.07, 6.45) is -16.1. The van der Waals surface area contributed by atoms with Crippen molar-refractivity contribution in [2.24, 2.45) is 0 Å². The van der Waals surface area contributed by atoms with Crippen LogP contribution in [-0.2, 0) is 14.2 Å². The minimum absolute atomic E-state index is 0.00599. The molecule has 0 spiro atoms. The highest BCUT2D eigenvalue weighted by Crippen LogP contribution is 2.40. The number of fused-ring (bicyclic) bond motifs is 1. The molecule has 0 bridgehead atoms. The molecule has 2 aliphatic heterocycles. The van der Waals surface area contributed by atoms with Gasteiger partial charge >= 0.3 is 0 Å². The molecular formula is C28H32O16. The van der Waals surface area contributed by atoms with Gasteiger partial charge in [0.2, 0.25) is 17.5 Å². The Kier molecular flexibility index (Phi) is 8.90. The van der Waals surface area contributed by atoms with Crippen LogP contribution in [0.25, 0.3) is 22.3 Å². The van der Waals surface area contributed by atoms with E-state index in [4.69, 9.17) is 28.1 Å². The van der Waals surface area contributed by atoms with Crippen molar-refractivity contribution >= 4 is 11.0 Å². The third-order valence-electron chi connectivity index (χ3n) is 7.55. The van der Waals surface area contributed by atoms with Crippen molar-refractivity contribution in [3.63, 3.8) is 0 Å². The highest BCUT2D eigenvalue weighted by Gasteiger charge is 2.48. The smallest absolute Gasteiger partial charge is 0.239 e. The van der Waals surface area contributed by atoms with Crippen LogP contribution in [0, 0.1) is 0 Å². The van der Waals surface area contributed by atoms with Crippen molar-refractivity contribution < 1.29 is 74.1 Å². The molecule has 2 aliphatic rings. The quantitative estimate of drug-likeness (QED) is 0.137. The summed E-state index contributed by atoms with van der Waals surface area (Å²) >= 11 is 0. The average molecular weight is 625 g/mol. The van der Waals surface area contributed by atoms with Crippen LogP contribution in [0.5, 0.6) is 28.7 Å². The van der Waals surface area contributed by atoms with Gasteiger partial charge < -0.3 is 74.1 Å². The lowest BCUT2D eigenvalue weighted by Gasteiger charge is -2.42. The normalized spacial score (nSPS) is 32.5. The largest absolute Gasteiger partial charge is 0.504 e. The molecule has 0 saturated carbocycles. The van der Waals surface area contributed by atoms with Crippen LogP contribution in [-0.4, -0.2) is 121 Å². The second-order valence-electron chi connectivity index (χ2n) is 10.4. The number of phenolic OH excluding ortho intramolecular Hbond substituents is 3. The summed E-state index contributed by atoms with van der Waals surface area (Å²) in [5.41, 5.74) is -1.06. The topological polar surface area (TPSA) is 258 Å². The minimum Gasteiger partial charge on any atom is -0.504 e. The van der Waals surface area contributed by atoms with Crippen molar-refractivity contribution in [2.45, 2.75) is 68.3 Å². The van der Waals surface area contributed by atoms with Gasteiger partial charge in [-0.3, -0.25) is 4.79 Å². The first-order valence-corrected chi connectivity index (χ1v) is 13.4. The second-order valence-corrected chi connectivity index (χ2v) is 10.4. The summed E-state index contributed by atoms with van der Waals surface area (Å²) in [5.74, 6) is -2.65. The summed E-state index contributed by atoms with van der Waals surface area (Å²) < 4.78 is 33.2. The summed E-state index contributed by atoms with van der Waals surface area (Å²) in [7, 11) is 1.29. The number of hydrogen-bond acceptors (Lipinski definition) is 16. The lowest BCUT2D eigenvalue weighted by atomic mass is 9.98. The lowest BCUT2D eigenvalue weighted by molar-refractivity contribution is -0.318. The van der Waals surface area contributed by atoms with Gasteiger partial charge in [-0.15, -0.1) is 0 Å². The number of methoxy groups -OCH3 is 1. The molecular weight excluding hydrogens is 592 g/mol. The Hall–Kier alpha value is -3.71. The van der Waals surface area contributed by atoms with Gasteiger partial charge in [0.1, 0.15) is 53.7 Å². The van der Waals surface area contributed by atoms with Crippen LogP contribution in [0.1, 0.15) is 6.92 Å². The molecule has 0 aliphatic carbocycles. The number of rotatable bonds is 7. The van der Waals surface area contributed by atoms with E-state index in [1.165, 1.54) is 38.3 Å². The van der Waals surface area contributed by atoms with Crippen molar-refractivity contribution in [1.82, 2.24) is 0 Å². The average Bonchev–Trinajstić information content (AvgIpc) is 3.01. The molecule has 2 saturated heterocycles. The zero-order valence-electron chi connectivity index (χ0n) is 23.3. The predicted molar refractivity (Wildman–Crippen MR) is 145 cm³/mol. The molecule has 44 heavy (non-hydrogen) atoms. The fraction of sp³-hybridized carbons (Fsp3) is 0.464. The van der Waals surface area contributed by atoms with Gasteiger partial charge in [-0.1, -0.05) is 0 Å². The fourth-order valence-corrected chi connectivity index (χ4v) is 4.96. The van der Waals surface area contributed by atoms with Gasteiger partial charge in [-0.2, -0.15) is 0 Å². The zero-order valence-corrected chi connectivity index (χ0v) is 23.3. The van der Waals surface area contributed by atoms with Crippen LogP contribution in [0.15, 0.2) is 39.5 Å². The Balaban J connectivity index is 1.49. The van der Waals surface area contributed by atoms with E-state index in [9.17, 15) is 50.8 Å². The van der Waals surface area contributed by atoms with Gasteiger partial charge in [-0.05, 0) is 37.3 Å². The molecule has 240 valence electrons. The standard InChI is InChI=1S/C28H32O16/c1-9-17(31)21(35)23(37)27(41-9)40-8-15-19(33)22(36)24(38)28(43-15)44-26-20(34)16-13(6-5-12(30)18(16)32)42-25(26)10-3-4-11(29)14(7-10)39-2/h3-7,9,15,17,19,21-24,27-33,35-38H,8H2,1-2H3/t9-,15+,17-,19+,21+,22-,23+,24+,27+,28-/m0/s1. The maximum Gasteiger partial charge on any atom is 0.239 e. The number of aliphatic hydroxyl groups excluding tert-OH is 6. The van der Waals surface area contributed by atoms with Gasteiger partial charge in [0.15, 0.2) is 35.0 Å². The van der Waals surface area contributed by atoms with Crippen LogP contribution >= 0.6 is 0 Å². The Morgan fingerprint density at radius 2 is 1.45 bits per heavy atom. The van der Waals surface area contributed by atoms with Crippen LogP contribution in [0.4, 0.5) is 0 Å². The molecule has 2 fully saturated rings. The van der Waals surface area contributed by atoms with E-state index >= 15 is 0 Å². The molecule has 0 radical (unpaired) electrons. The van der Waals surface area contributed by atoms with Crippen LogP contribution < -0.4 is 14.9 Å². The predicted octanol–water partition coefficient (Wildman–Crippen LogP) is -1.38. The number of aromatic hydroxyl groups is 3. The monoisotopic (exact) mass is 624 g/mol.